The van der Waals surface area contributed by atoms with E-state index in [1.54, 1.807) is 31.9 Å². The van der Waals surface area contributed by atoms with Crippen molar-refractivity contribution in [3.8, 4) is 0 Å². The van der Waals surface area contributed by atoms with E-state index in [0.717, 1.165) is 80.2 Å². The zero-order valence-electron chi connectivity index (χ0n) is 32.1. The molecular formula is C42H67N3O4S2. The van der Waals surface area contributed by atoms with Crippen molar-refractivity contribution >= 4 is 39.1 Å². The van der Waals surface area contributed by atoms with Gasteiger partial charge in [-0.15, -0.1) is 0 Å². The van der Waals surface area contributed by atoms with Crippen LogP contribution in [0.25, 0.3) is 0 Å². The highest BCUT2D eigenvalue weighted by atomic mass is 32.2. The zero-order chi connectivity index (χ0) is 36.3. The Balaban J connectivity index is 1.03. The maximum atomic E-state index is 12.8. The number of fused-ring (bicyclic) bond motifs is 2. The van der Waals surface area contributed by atoms with Crippen LogP contribution in [0.15, 0.2) is 57.2 Å². The van der Waals surface area contributed by atoms with Gasteiger partial charge in [-0.25, -0.2) is 12.7 Å². The minimum atomic E-state index is -3.49. The summed E-state index contributed by atoms with van der Waals surface area (Å²) in [6, 6.07) is 13.9. The Kier molecular flexibility index (Phi) is 18.7. The number of carbonyl (C=O) groups excluding carboxylic acids is 1. The van der Waals surface area contributed by atoms with Crippen LogP contribution in [0, 0.1) is 5.92 Å². The number of likely N-dealkylation sites (tertiary alicyclic amines) is 1. The Morgan fingerprint density at radius 2 is 1.35 bits per heavy atom. The lowest BCUT2D eigenvalue weighted by Gasteiger charge is -2.35. The monoisotopic (exact) mass is 741 g/mol. The predicted molar refractivity (Wildman–Crippen MR) is 214 cm³/mol. The number of ether oxygens (including phenoxy) is 1. The molecule has 51 heavy (non-hydrogen) atoms. The van der Waals surface area contributed by atoms with E-state index in [2.05, 4.69) is 34.9 Å². The first-order chi connectivity index (χ1) is 24.8. The topological polar surface area (TPSA) is 70.2 Å². The number of sulfonamides is 1. The summed E-state index contributed by atoms with van der Waals surface area (Å²) >= 11 is 1.64. The summed E-state index contributed by atoms with van der Waals surface area (Å²) in [5, 5.41) is 0. The second-order valence-electron chi connectivity index (χ2n) is 15.0. The molecule has 0 spiro atoms. The number of hydrogen-bond donors (Lipinski definition) is 0. The molecule has 0 aliphatic carbocycles. The first-order valence-corrected chi connectivity index (χ1v) is 22.5. The van der Waals surface area contributed by atoms with Gasteiger partial charge in [0.25, 0.3) is 0 Å². The van der Waals surface area contributed by atoms with Crippen molar-refractivity contribution in [3.05, 3.63) is 42.5 Å². The number of piperidine rings is 1. The lowest BCUT2D eigenvalue weighted by atomic mass is 9.94. The molecule has 0 N–H and O–H groups in total. The second kappa shape index (κ2) is 22.9. The number of unbranched alkanes of at least 4 members (excludes halogenated alkanes) is 14. The van der Waals surface area contributed by atoms with Gasteiger partial charge in [0.15, 0.2) is 0 Å². The van der Waals surface area contributed by atoms with E-state index in [1.807, 2.05) is 18.2 Å². The molecule has 1 fully saturated rings. The van der Waals surface area contributed by atoms with Gasteiger partial charge in [0.1, 0.15) is 0 Å². The second-order valence-corrected chi connectivity index (χ2v) is 18.2. The van der Waals surface area contributed by atoms with Crippen LogP contribution in [0.2, 0.25) is 0 Å². The minimum absolute atomic E-state index is 0.0167. The number of rotatable bonds is 25. The summed E-state index contributed by atoms with van der Waals surface area (Å²) in [4.78, 5) is 19.7. The van der Waals surface area contributed by atoms with Crippen molar-refractivity contribution < 1.29 is 17.9 Å². The number of hydrogen-bond acceptors (Lipinski definition) is 7. The first kappa shape index (κ1) is 41.7. The Hall–Kier alpha value is -2.07. The third-order valence-electron chi connectivity index (χ3n) is 10.7. The molecule has 4 rings (SSSR count). The fourth-order valence-corrected chi connectivity index (χ4v) is 9.57. The van der Waals surface area contributed by atoms with Gasteiger partial charge in [0, 0.05) is 36.9 Å². The predicted octanol–water partition coefficient (Wildman–Crippen LogP) is 10.8. The molecule has 0 amide bonds. The fourth-order valence-electron chi connectivity index (χ4n) is 7.43. The average Bonchev–Trinajstić information content (AvgIpc) is 3.13. The maximum absolute atomic E-state index is 12.8. The van der Waals surface area contributed by atoms with E-state index in [4.69, 9.17) is 4.74 Å². The quantitative estimate of drug-likeness (QED) is 0.0741. The molecule has 7 nitrogen and oxygen atoms in total. The molecule has 0 aromatic heterocycles. The molecule has 2 aromatic rings. The van der Waals surface area contributed by atoms with Crippen LogP contribution in [0.1, 0.15) is 135 Å². The summed E-state index contributed by atoms with van der Waals surface area (Å²) in [6.07, 6.45) is 24.9. The van der Waals surface area contributed by atoms with E-state index in [1.165, 1.54) is 93.5 Å². The lowest BCUT2D eigenvalue weighted by molar-refractivity contribution is -0.144. The number of benzene rings is 2. The van der Waals surface area contributed by atoms with Crippen LogP contribution < -0.4 is 4.90 Å². The molecule has 2 aromatic carbocycles. The Morgan fingerprint density at radius 1 is 0.765 bits per heavy atom. The normalized spacial score (nSPS) is 15.3. The van der Waals surface area contributed by atoms with Crippen LogP contribution in [-0.2, 0) is 19.6 Å². The molecule has 0 unspecified atom stereocenters. The molecule has 0 radical (unpaired) electrons. The molecule has 1 saturated heterocycles. The van der Waals surface area contributed by atoms with E-state index in [0.29, 0.717) is 23.8 Å². The van der Waals surface area contributed by atoms with Crippen LogP contribution in [0.3, 0.4) is 0 Å². The summed E-state index contributed by atoms with van der Waals surface area (Å²) in [5.41, 5.74) is 2.26. The zero-order valence-corrected chi connectivity index (χ0v) is 33.7. The van der Waals surface area contributed by atoms with Gasteiger partial charge in [0.2, 0.25) is 10.0 Å². The van der Waals surface area contributed by atoms with Crippen molar-refractivity contribution in [2.24, 2.45) is 5.92 Å². The minimum Gasteiger partial charge on any atom is -0.466 e. The molecular weight excluding hydrogens is 675 g/mol. The summed E-state index contributed by atoms with van der Waals surface area (Å²) in [6.45, 7) is 6.93. The maximum Gasteiger partial charge on any atom is 0.305 e. The van der Waals surface area contributed by atoms with Crippen LogP contribution in [-0.4, -0.2) is 70.5 Å². The van der Waals surface area contributed by atoms with Gasteiger partial charge in [-0.3, -0.25) is 4.79 Å². The van der Waals surface area contributed by atoms with E-state index >= 15 is 0 Å². The third kappa shape index (κ3) is 14.0. The Bertz CT molecular complexity index is 1410. The van der Waals surface area contributed by atoms with Crippen molar-refractivity contribution in [2.75, 3.05) is 51.8 Å². The van der Waals surface area contributed by atoms with E-state index in [9.17, 15) is 13.2 Å². The highest BCUT2D eigenvalue weighted by Gasteiger charge is 2.27. The van der Waals surface area contributed by atoms with Crippen molar-refractivity contribution in [2.45, 2.75) is 150 Å². The molecule has 9 heteroatoms. The molecule has 0 bridgehead atoms. The van der Waals surface area contributed by atoms with Gasteiger partial charge < -0.3 is 14.5 Å². The van der Waals surface area contributed by atoms with Crippen molar-refractivity contribution in [1.82, 2.24) is 9.21 Å². The summed E-state index contributed by atoms with van der Waals surface area (Å²) in [7, 11) is -0.348. The standard InChI is InChI=1S/C42H67N3O4S2/c1-4-5-6-7-8-9-10-11-12-13-14-15-16-17-18-24-42(46)49-34-29-36-27-32-44(33-28-36)30-21-31-45-38-22-19-20-23-40(38)50-41-35-37(25-26-39(41)45)51(47,48)43(2)3/h19-20,22-23,25-26,35-36H,4-18,21,24,27-34H2,1-3H3. The SMILES string of the molecule is CCCCCCCCCCCCCCCCCC(=O)OCCC1CCN(CCCN2c3ccccc3Sc3cc(S(=O)(=O)N(C)C)ccc32)CC1. The lowest BCUT2D eigenvalue weighted by Crippen LogP contribution is -2.36. The molecule has 2 aliphatic heterocycles. The van der Waals surface area contributed by atoms with Crippen LogP contribution in [0.4, 0.5) is 11.4 Å². The molecule has 286 valence electrons. The number of esters is 1. The smallest absolute Gasteiger partial charge is 0.305 e. The molecule has 0 atom stereocenters. The first-order valence-electron chi connectivity index (χ1n) is 20.3. The van der Waals surface area contributed by atoms with Gasteiger partial charge in [-0.1, -0.05) is 121 Å². The number of para-hydroxylation sites is 1. The summed E-state index contributed by atoms with van der Waals surface area (Å²) in [5.74, 6) is 0.613. The Morgan fingerprint density at radius 3 is 1.98 bits per heavy atom. The van der Waals surface area contributed by atoms with Gasteiger partial charge in [-0.2, -0.15) is 0 Å². The van der Waals surface area contributed by atoms with Gasteiger partial charge in [-0.05, 0) is 88.0 Å². The molecule has 2 aliphatic rings. The highest BCUT2D eigenvalue weighted by Crippen LogP contribution is 2.48. The molecule has 0 saturated carbocycles. The fraction of sp³-hybridized carbons (Fsp3) is 0.690. The van der Waals surface area contributed by atoms with Crippen LogP contribution in [0.5, 0.6) is 0 Å². The van der Waals surface area contributed by atoms with Gasteiger partial charge in [0.05, 0.1) is 22.9 Å². The van der Waals surface area contributed by atoms with Crippen LogP contribution >= 0.6 is 11.8 Å². The largest absolute Gasteiger partial charge is 0.466 e. The molecule has 2 heterocycles. The number of nitrogens with zero attached hydrogens (tertiary/aromatic N) is 3. The number of anilines is 2. The van der Waals surface area contributed by atoms with Gasteiger partial charge >= 0.3 is 5.97 Å². The highest BCUT2D eigenvalue weighted by molar-refractivity contribution is 7.99. The van der Waals surface area contributed by atoms with E-state index < -0.39 is 10.0 Å². The average molecular weight is 742 g/mol. The van der Waals surface area contributed by atoms with E-state index in [-0.39, 0.29) is 5.97 Å². The van der Waals surface area contributed by atoms with Crippen molar-refractivity contribution in [3.63, 3.8) is 0 Å². The third-order valence-corrected chi connectivity index (χ3v) is 13.6. The Labute approximate surface area is 315 Å². The van der Waals surface area contributed by atoms with Crippen molar-refractivity contribution in [1.29, 1.82) is 0 Å². The summed E-state index contributed by atoms with van der Waals surface area (Å²) < 4.78 is 32.5. The number of carbonyl (C=O) groups is 1.